The fraction of sp³-hybridized carbons (Fsp3) is 0.625. The van der Waals surface area contributed by atoms with Gasteiger partial charge in [0.05, 0.1) is 6.10 Å². The van der Waals surface area contributed by atoms with Gasteiger partial charge in [-0.3, -0.25) is 0 Å². The monoisotopic (exact) mass is 267 g/mol. The molecule has 0 saturated heterocycles. The minimum Gasteiger partial charge on any atom is -0.372 e. The maximum atomic E-state index is 13.0. The summed E-state index contributed by atoms with van der Waals surface area (Å²) < 4.78 is 18.9. The first-order valence-corrected chi connectivity index (χ1v) is 7.00. The van der Waals surface area contributed by atoms with Gasteiger partial charge in [-0.05, 0) is 36.1 Å². The molecule has 0 saturated carbocycles. The Hall–Kier alpha value is -0.930. The molecule has 0 spiro atoms. The van der Waals surface area contributed by atoms with Crippen LogP contribution in [0.3, 0.4) is 0 Å². The maximum Gasteiger partial charge on any atom is 0.123 e. The second-order valence-electron chi connectivity index (χ2n) is 6.03. The topological polar surface area (TPSA) is 21.3 Å². The maximum absolute atomic E-state index is 13.0. The van der Waals surface area contributed by atoms with Gasteiger partial charge in [0, 0.05) is 13.2 Å². The summed E-state index contributed by atoms with van der Waals surface area (Å²) in [6.07, 6.45) is 1.000. The van der Waals surface area contributed by atoms with Gasteiger partial charge in [0.15, 0.2) is 0 Å². The first-order valence-electron chi connectivity index (χ1n) is 7.00. The van der Waals surface area contributed by atoms with Crippen molar-refractivity contribution in [3.63, 3.8) is 0 Å². The number of halogens is 1. The Morgan fingerprint density at radius 1 is 1.21 bits per heavy atom. The Morgan fingerprint density at radius 2 is 1.84 bits per heavy atom. The lowest BCUT2D eigenvalue weighted by molar-refractivity contribution is 0.0372. The van der Waals surface area contributed by atoms with Gasteiger partial charge >= 0.3 is 0 Å². The Labute approximate surface area is 116 Å². The van der Waals surface area contributed by atoms with Crippen LogP contribution in [-0.4, -0.2) is 19.7 Å². The lowest BCUT2D eigenvalue weighted by atomic mass is 9.93. The van der Waals surface area contributed by atoms with Crippen molar-refractivity contribution in [3.05, 3.63) is 35.6 Å². The van der Waals surface area contributed by atoms with Gasteiger partial charge in [-0.25, -0.2) is 4.39 Å². The predicted octanol–water partition coefficient (Wildman–Crippen LogP) is 3.93. The summed E-state index contributed by atoms with van der Waals surface area (Å²) in [5, 5.41) is 3.29. The highest BCUT2D eigenvalue weighted by Crippen LogP contribution is 2.22. The third kappa shape index (κ3) is 6.69. The van der Waals surface area contributed by atoms with E-state index in [0.29, 0.717) is 0 Å². The molecule has 0 aliphatic heterocycles. The van der Waals surface area contributed by atoms with Crippen molar-refractivity contribution in [1.82, 2.24) is 5.32 Å². The van der Waals surface area contributed by atoms with E-state index in [1.807, 2.05) is 0 Å². The van der Waals surface area contributed by atoms with Crippen molar-refractivity contribution in [1.29, 1.82) is 0 Å². The zero-order valence-corrected chi connectivity index (χ0v) is 12.5. The summed E-state index contributed by atoms with van der Waals surface area (Å²) in [5.41, 5.74) is 1.29. The number of hydrogen-bond acceptors (Lipinski definition) is 2. The fourth-order valence-electron chi connectivity index (χ4n) is 1.73. The summed E-state index contributed by atoms with van der Waals surface area (Å²) >= 11 is 0. The predicted molar refractivity (Wildman–Crippen MR) is 77.7 cm³/mol. The smallest absolute Gasteiger partial charge is 0.123 e. The largest absolute Gasteiger partial charge is 0.372 e. The van der Waals surface area contributed by atoms with Crippen molar-refractivity contribution in [2.75, 3.05) is 19.7 Å². The standard InChI is InChI=1S/C16H26FNO/c1-5-18-12-15(19-11-10-16(2,3)4)13-6-8-14(17)9-7-13/h6-9,15,18H,5,10-12H2,1-4H3. The minimum atomic E-state index is -0.208. The lowest BCUT2D eigenvalue weighted by Crippen LogP contribution is -2.24. The minimum absolute atomic E-state index is 0.0112. The van der Waals surface area contributed by atoms with Crippen molar-refractivity contribution >= 4 is 0 Å². The second kappa shape index (κ2) is 7.61. The quantitative estimate of drug-likeness (QED) is 0.808. The van der Waals surface area contributed by atoms with E-state index in [1.54, 1.807) is 12.1 Å². The average Bonchev–Trinajstić information content (AvgIpc) is 2.33. The molecular formula is C16H26FNO. The first kappa shape index (κ1) is 16.1. The fourth-order valence-corrected chi connectivity index (χ4v) is 1.73. The first-order chi connectivity index (χ1) is 8.92. The van der Waals surface area contributed by atoms with Crippen molar-refractivity contribution in [2.24, 2.45) is 5.41 Å². The molecule has 1 aromatic rings. The molecule has 1 aromatic carbocycles. The number of benzene rings is 1. The summed E-state index contributed by atoms with van der Waals surface area (Å²) in [6.45, 7) is 11.1. The molecule has 0 radical (unpaired) electrons. The Bertz CT molecular complexity index is 356. The van der Waals surface area contributed by atoms with Gasteiger partial charge in [0.1, 0.15) is 5.82 Å². The SMILES string of the molecule is CCNCC(OCCC(C)(C)C)c1ccc(F)cc1. The van der Waals surface area contributed by atoms with Crippen molar-refractivity contribution < 1.29 is 9.13 Å². The van der Waals surface area contributed by atoms with Crippen LogP contribution >= 0.6 is 0 Å². The molecule has 108 valence electrons. The molecule has 1 N–H and O–H groups in total. The molecule has 0 bridgehead atoms. The lowest BCUT2D eigenvalue weighted by Gasteiger charge is -2.22. The average molecular weight is 267 g/mol. The zero-order chi connectivity index (χ0) is 14.3. The number of ether oxygens (including phenoxy) is 1. The Kier molecular flexibility index (Phi) is 6.46. The summed E-state index contributed by atoms with van der Waals surface area (Å²) in [6, 6.07) is 6.58. The highest BCUT2D eigenvalue weighted by Gasteiger charge is 2.15. The third-order valence-corrected chi connectivity index (χ3v) is 2.99. The van der Waals surface area contributed by atoms with Gasteiger partial charge in [0.25, 0.3) is 0 Å². The van der Waals surface area contributed by atoms with Crippen LogP contribution in [0, 0.1) is 11.2 Å². The van der Waals surface area contributed by atoms with Crippen molar-refractivity contribution in [2.45, 2.75) is 40.2 Å². The highest BCUT2D eigenvalue weighted by atomic mass is 19.1. The van der Waals surface area contributed by atoms with Crippen LogP contribution in [0.5, 0.6) is 0 Å². The molecule has 1 unspecified atom stereocenters. The molecule has 1 rings (SSSR count). The van der Waals surface area contributed by atoms with E-state index in [9.17, 15) is 4.39 Å². The number of likely N-dealkylation sites (N-methyl/N-ethyl adjacent to an activating group) is 1. The third-order valence-electron chi connectivity index (χ3n) is 2.99. The molecule has 0 amide bonds. The van der Waals surface area contributed by atoms with E-state index >= 15 is 0 Å². The van der Waals surface area contributed by atoms with E-state index in [0.717, 1.165) is 31.7 Å². The summed E-state index contributed by atoms with van der Waals surface area (Å²) in [5.74, 6) is -0.208. The zero-order valence-electron chi connectivity index (χ0n) is 12.5. The van der Waals surface area contributed by atoms with Crippen LogP contribution in [-0.2, 0) is 4.74 Å². The van der Waals surface area contributed by atoms with E-state index in [-0.39, 0.29) is 17.3 Å². The molecule has 3 heteroatoms. The van der Waals surface area contributed by atoms with Crippen LogP contribution < -0.4 is 5.32 Å². The Morgan fingerprint density at radius 3 is 2.37 bits per heavy atom. The molecule has 19 heavy (non-hydrogen) atoms. The summed E-state index contributed by atoms with van der Waals surface area (Å²) in [7, 11) is 0. The van der Waals surface area contributed by atoms with E-state index in [1.165, 1.54) is 12.1 Å². The van der Waals surface area contributed by atoms with Gasteiger partial charge in [-0.15, -0.1) is 0 Å². The number of nitrogens with one attached hydrogen (secondary N) is 1. The van der Waals surface area contributed by atoms with Crippen LogP contribution in [0.2, 0.25) is 0 Å². The molecule has 0 fully saturated rings. The molecule has 0 heterocycles. The molecule has 0 aromatic heterocycles. The number of rotatable bonds is 7. The van der Waals surface area contributed by atoms with Crippen LogP contribution in [0.4, 0.5) is 4.39 Å². The van der Waals surface area contributed by atoms with Crippen molar-refractivity contribution in [3.8, 4) is 0 Å². The van der Waals surface area contributed by atoms with E-state index in [2.05, 4.69) is 33.0 Å². The molecule has 2 nitrogen and oxygen atoms in total. The molecule has 1 atom stereocenters. The Balaban J connectivity index is 2.58. The van der Waals surface area contributed by atoms with Gasteiger partial charge in [0.2, 0.25) is 0 Å². The molecule has 0 aliphatic rings. The summed E-state index contributed by atoms with van der Waals surface area (Å²) in [4.78, 5) is 0. The highest BCUT2D eigenvalue weighted by molar-refractivity contribution is 5.19. The normalized spacial score (nSPS) is 13.5. The van der Waals surface area contributed by atoms with Crippen LogP contribution in [0.25, 0.3) is 0 Å². The van der Waals surface area contributed by atoms with E-state index in [4.69, 9.17) is 4.74 Å². The van der Waals surface area contributed by atoms with Crippen LogP contribution in [0.1, 0.15) is 45.8 Å². The van der Waals surface area contributed by atoms with Gasteiger partial charge < -0.3 is 10.1 Å². The molecule has 0 aliphatic carbocycles. The second-order valence-corrected chi connectivity index (χ2v) is 6.03. The molecular weight excluding hydrogens is 241 g/mol. The van der Waals surface area contributed by atoms with Crippen LogP contribution in [0.15, 0.2) is 24.3 Å². The number of hydrogen-bond donors (Lipinski definition) is 1. The van der Waals surface area contributed by atoms with Gasteiger partial charge in [-0.1, -0.05) is 39.8 Å². The van der Waals surface area contributed by atoms with E-state index < -0.39 is 0 Å². The van der Waals surface area contributed by atoms with Gasteiger partial charge in [-0.2, -0.15) is 0 Å².